The largest absolute Gasteiger partial charge is 0.748 e. The van der Waals surface area contributed by atoms with E-state index in [1.165, 1.54) is 5.56 Å². The quantitative estimate of drug-likeness (QED) is 0.666. The monoisotopic (exact) mass is 283 g/mol. The number of carbonyl (C=O) groups is 1. The minimum absolute atomic E-state index is 0. The summed E-state index contributed by atoms with van der Waals surface area (Å²) < 4.78 is 0. The molecule has 0 spiro atoms. The van der Waals surface area contributed by atoms with Gasteiger partial charge in [0.05, 0.1) is 0 Å². The van der Waals surface area contributed by atoms with Gasteiger partial charge >= 0.3 is 0 Å². The maximum Gasteiger partial charge on any atom is 0.220 e. The van der Waals surface area contributed by atoms with E-state index in [-0.39, 0.29) is 23.0 Å². The predicted molar refractivity (Wildman–Crippen MR) is 68.9 cm³/mol. The smallest absolute Gasteiger partial charge is 0.220 e. The van der Waals surface area contributed by atoms with Gasteiger partial charge in [-0.25, -0.2) is 12.1 Å². The maximum absolute atomic E-state index is 10.9. The fourth-order valence-electron chi connectivity index (χ4n) is 1.99. The van der Waals surface area contributed by atoms with Crippen LogP contribution in [0, 0.1) is 0 Å². The van der Waals surface area contributed by atoms with Gasteiger partial charge in [-0.2, -0.15) is 17.7 Å². The molecule has 0 radical (unpaired) electrons. The zero-order valence-corrected chi connectivity index (χ0v) is 11.3. The van der Waals surface area contributed by atoms with Crippen molar-refractivity contribution in [2.75, 3.05) is 0 Å². The first-order valence-corrected chi connectivity index (χ1v) is 6.01. The molecule has 18 heavy (non-hydrogen) atoms. The second-order valence-corrected chi connectivity index (χ2v) is 4.26. The summed E-state index contributed by atoms with van der Waals surface area (Å²) in [4.78, 5) is 10.9. The second-order valence-electron chi connectivity index (χ2n) is 4.26. The average Bonchev–Trinajstić information content (AvgIpc) is 3.02. The van der Waals surface area contributed by atoms with E-state index in [4.69, 9.17) is 0 Å². The first kappa shape index (κ1) is 14.7. The van der Waals surface area contributed by atoms with Crippen molar-refractivity contribution >= 4 is 5.91 Å². The summed E-state index contributed by atoms with van der Waals surface area (Å²) in [6.07, 6.45) is 2.67. The van der Waals surface area contributed by atoms with Crippen LogP contribution in [0.25, 0.3) is 0 Å². The number of rotatable bonds is 2. The minimum Gasteiger partial charge on any atom is -0.748 e. The van der Waals surface area contributed by atoms with Gasteiger partial charge in [-0.3, -0.25) is 4.79 Å². The molecule has 3 heteroatoms. The molecule has 0 aromatic heterocycles. The third-order valence-electron chi connectivity index (χ3n) is 2.85. The molecule has 2 aromatic carbocycles. The minimum atomic E-state index is 0. The van der Waals surface area contributed by atoms with E-state index in [9.17, 15) is 4.79 Å². The second kappa shape index (κ2) is 7.91. The first-order chi connectivity index (χ1) is 8.34. The number of nitrogens with one attached hydrogen (secondary N) is 1. The Balaban J connectivity index is 0.000000230. The Morgan fingerprint density at radius 3 is 2.17 bits per heavy atom. The topological polar surface area (TPSA) is 29.1 Å². The molecule has 1 atom stereocenters. The van der Waals surface area contributed by atoms with Gasteiger partial charge in [-0.15, -0.1) is 0 Å². The average molecular weight is 283 g/mol. The zero-order valence-electron chi connectivity index (χ0n) is 10.2. The Morgan fingerprint density at radius 1 is 1.17 bits per heavy atom. The van der Waals surface area contributed by atoms with Crippen LogP contribution in [0.1, 0.15) is 18.4 Å². The molecule has 0 bridgehead atoms. The van der Waals surface area contributed by atoms with Gasteiger partial charge in [0.2, 0.25) is 5.91 Å². The maximum atomic E-state index is 10.9. The molecule has 1 aliphatic rings. The number of amides is 1. The van der Waals surface area contributed by atoms with Crippen LogP contribution in [0.4, 0.5) is 0 Å². The van der Waals surface area contributed by atoms with E-state index in [0.717, 1.165) is 12.8 Å². The molecule has 102 valence electrons. The van der Waals surface area contributed by atoms with Gasteiger partial charge in [0.25, 0.3) is 0 Å². The van der Waals surface area contributed by atoms with Crippen LogP contribution in [0.3, 0.4) is 0 Å². The van der Waals surface area contributed by atoms with E-state index in [1.807, 2.05) is 42.5 Å². The molecule has 2 aromatic rings. The van der Waals surface area contributed by atoms with E-state index in [1.54, 1.807) is 0 Å². The number of carbonyl (C=O) groups excluding carboxylic acids is 1. The molecule has 1 amide bonds. The van der Waals surface area contributed by atoms with Crippen molar-refractivity contribution in [1.82, 2.24) is 5.32 Å². The standard InChI is InChI=1S/C10H12NO.C5H5.Fe/c12-10-6-5-9(11-10)7-8-3-1-2-4-8;1-2-4-5-3-1;/h1-4,9H,5-7H2,(H,11,12);1-5H;/q-1;-5;. The summed E-state index contributed by atoms with van der Waals surface area (Å²) in [6, 6.07) is 18.6. The van der Waals surface area contributed by atoms with Crippen molar-refractivity contribution in [2.45, 2.75) is 25.3 Å². The number of hydrogen-bond donors (Lipinski definition) is 1. The van der Waals surface area contributed by atoms with Crippen molar-refractivity contribution in [3.8, 4) is 0 Å². The molecule has 1 saturated heterocycles. The summed E-state index contributed by atoms with van der Waals surface area (Å²) in [5.41, 5.74) is 1.32. The van der Waals surface area contributed by atoms with Gasteiger partial charge in [-0.05, 0) is 6.42 Å². The Bertz CT molecular complexity index is 402. The third kappa shape index (κ3) is 4.91. The van der Waals surface area contributed by atoms with Crippen LogP contribution >= 0.6 is 0 Å². The third-order valence-corrected chi connectivity index (χ3v) is 2.85. The van der Waals surface area contributed by atoms with Crippen molar-refractivity contribution in [1.29, 1.82) is 0 Å². The molecule has 1 aliphatic heterocycles. The summed E-state index contributed by atoms with van der Waals surface area (Å²) in [5, 5.41) is 2.95. The summed E-state index contributed by atoms with van der Waals surface area (Å²) in [7, 11) is 0. The van der Waals surface area contributed by atoms with Crippen LogP contribution < -0.4 is 5.32 Å². The Hall–Kier alpha value is -1.31. The van der Waals surface area contributed by atoms with E-state index in [2.05, 4.69) is 17.4 Å². The van der Waals surface area contributed by atoms with Crippen LogP contribution in [-0.2, 0) is 28.3 Å². The molecule has 0 aliphatic carbocycles. The number of hydrogen-bond acceptors (Lipinski definition) is 1. The van der Waals surface area contributed by atoms with Gasteiger partial charge in [0.1, 0.15) is 0 Å². The molecule has 1 N–H and O–H groups in total. The fraction of sp³-hybridized carbons (Fsp3) is 0.267. The van der Waals surface area contributed by atoms with Crippen molar-refractivity contribution in [2.24, 2.45) is 0 Å². The van der Waals surface area contributed by atoms with E-state index >= 15 is 0 Å². The summed E-state index contributed by atoms with van der Waals surface area (Å²) >= 11 is 0. The Morgan fingerprint density at radius 2 is 1.72 bits per heavy atom. The normalized spacial score (nSPS) is 17.3. The molecule has 2 nitrogen and oxygen atoms in total. The summed E-state index contributed by atoms with van der Waals surface area (Å²) in [6.45, 7) is 0. The van der Waals surface area contributed by atoms with E-state index in [0.29, 0.717) is 12.5 Å². The van der Waals surface area contributed by atoms with Crippen molar-refractivity contribution in [3.05, 3.63) is 60.2 Å². The van der Waals surface area contributed by atoms with Crippen LogP contribution in [0.5, 0.6) is 0 Å². The zero-order chi connectivity index (χ0) is 11.9. The fourth-order valence-corrected chi connectivity index (χ4v) is 1.99. The molecule has 0 saturated carbocycles. The predicted octanol–water partition coefficient (Wildman–Crippen LogP) is 2.63. The SMILES string of the molecule is O=C1CCC(C[c-]2cccc2)N1.[Fe].[cH-]1[cH-][cH-][cH-][cH-]1. The van der Waals surface area contributed by atoms with Crippen LogP contribution in [0.2, 0.25) is 0 Å². The molecule has 1 unspecified atom stereocenters. The summed E-state index contributed by atoms with van der Waals surface area (Å²) in [5.74, 6) is 0.201. The van der Waals surface area contributed by atoms with Crippen molar-refractivity contribution in [3.63, 3.8) is 0 Å². The molecular formula is C15H17FeNO-6. The van der Waals surface area contributed by atoms with Gasteiger partial charge in [-0.1, -0.05) is 6.42 Å². The first-order valence-electron chi connectivity index (χ1n) is 6.01. The Labute approximate surface area is 119 Å². The van der Waals surface area contributed by atoms with Crippen LogP contribution in [-0.4, -0.2) is 11.9 Å². The molecule has 1 heterocycles. The van der Waals surface area contributed by atoms with Crippen molar-refractivity contribution < 1.29 is 21.9 Å². The Kier molecular flexibility index (Phi) is 6.48. The molecule has 1 fully saturated rings. The molecule has 3 rings (SSSR count). The molecular weight excluding hydrogens is 266 g/mol. The van der Waals surface area contributed by atoms with Gasteiger partial charge < -0.3 is 35.6 Å². The van der Waals surface area contributed by atoms with Gasteiger partial charge in [0, 0.05) is 29.5 Å². The van der Waals surface area contributed by atoms with Crippen LogP contribution in [0.15, 0.2) is 54.6 Å². The van der Waals surface area contributed by atoms with E-state index < -0.39 is 0 Å². The van der Waals surface area contributed by atoms with Gasteiger partial charge in [0.15, 0.2) is 0 Å².